The lowest BCUT2D eigenvalue weighted by Crippen LogP contribution is -2.19. The van der Waals surface area contributed by atoms with Gasteiger partial charge in [0.05, 0.1) is 6.04 Å². The van der Waals surface area contributed by atoms with Crippen molar-refractivity contribution in [3.8, 4) is 0 Å². The Bertz CT molecular complexity index is 601. The second kappa shape index (κ2) is 6.64. The number of nitrogens with one attached hydrogen (secondary N) is 1. The van der Waals surface area contributed by atoms with E-state index in [2.05, 4.69) is 27.9 Å². The summed E-state index contributed by atoms with van der Waals surface area (Å²) >= 11 is 20.6. The molecule has 0 aliphatic carbocycles. The van der Waals surface area contributed by atoms with Crippen molar-refractivity contribution >= 4 is 57.4 Å². The Morgan fingerprint density at radius 1 is 0.947 bits per heavy atom. The molecule has 0 spiro atoms. The molecule has 2 aromatic rings. The Balaban J connectivity index is 2.52. The van der Waals surface area contributed by atoms with Crippen LogP contribution in [0.15, 0.2) is 36.4 Å². The topological polar surface area (TPSA) is 12.0 Å². The van der Waals surface area contributed by atoms with Gasteiger partial charge in [-0.15, -0.1) is 0 Å². The first-order valence-corrected chi connectivity index (χ1v) is 7.81. The van der Waals surface area contributed by atoms with E-state index in [1.807, 2.05) is 37.4 Å². The lowest BCUT2D eigenvalue weighted by atomic mass is 9.99. The molecule has 1 nitrogen and oxygen atoms in total. The first-order valence-electron chi connectivity index (χ1n) is 5.60. The van der Waals surface area contributed by atoms with Gasteiger partial charge in [-0.05, 0) is 71.1 Å². The molecule has 0 radical (unpaired) electrons. The molecule has 0 fully saturated rings. The highest BCUT2D eigenvalue weighted by Gasteiger charge is 2.18. The summed E-state index contributed by atoms with van der Waals surface area (Å²) in [5.74, 6) is 0. The third-order valence-corrected chi connectivity index (χ3v) is 4.61. The monoisotopic (exact) mass is 425 g/mol. The fourth-order valence-electron chi connectivity index (χ4n) is 1.95. The molecule has 0 bridgehead atoms. The van der Waals surface area contributed by atoms with Gasteiger partial charge in [0.1, 0.15) is 0 Å². The van der Waals surface area contributed by atoms with Crippen LogP contribution in [0, 0.1) is 3.57 Å². The normalized spacial score (nSPS) is 12.5. The van der Waals surface area contributed by atoms with Gasteiger partial charge >= 0.3 is 0 Å². The minimum absolute atomic E-state index is 0.0182. The van der Waals surface area contributed by atoms with E-state index in [4.69, 9.17) is 34.8 Å². The average Bonchev–Trinajstić information content (AvgIpc) is 2.36. The van der Waals surface area contributed by atoms with Crippen LogP contribution in [-0.4, -0.2) is 7.05 Å². The highest BCUT2D eigenvalue weighted by atomic mass is 127. The van der Waals surface area contributed by atoms with Crippen molar-refractivity contribution in [2.45, 2.75) is 6.04 Å². The molecule has 0 aliphatic heterocycles. The molecule has 0 aliphatic rings. The predicted molar refractivity (Wildman–Crippen MR) is 91.5 cm³/mol. The summed E-state index contributed by atoms with van der Waals surface area (Å²) in [6.45, 7) is 0. The summed E-state index contributed by atoms with van der Waals surface area (Å²) in [5.41, 5.74) is 2.08. The Labute approximate surface area is 141 Å². The third-order valence-electron chi connectivity index (χ3n) is 2.83. The number of rotatable bonds is 3. The van der Waals surface area contributed by atoms with Crippen molar-refractivity contribution in [2.75, 3.05) is 7.05 Å². The van der Waals surface area contributed by atoms with Crippen LogP contribution in [0.3, 0.4) is 0 Å². The number of hydrogen-bond acceptors (Lipinski definition) is 1. The molecule has 19 heavy (non-hydrogen) atoms. The van der Waals surface area contributed by atoms with E-state index >= 15 is 0 Å². The zero-order valence-electron chi connectivity index (χ0n) is 10.1. The van der Waals surface area contributed by atoms with Gasteiger partial charge in [-0.1, -0.05) is 40.9 Å². The smallest absolute Gasteiger partial charge is 0.0600 e. The molecule has 0 saturated heterocycles. The molecule has 100 valence electrons. The summed E-state index contributed by atoms with van der Waals surface area (Å²) in [7, 11) is 1.90. The minimum Gasteiger partial charge on any atom is -0.309 e. The second-order valence-electron chi connectivity index (χ2n) is 4.05. The maximum Gasteiger partial charge on any atom is 0.0600 e. The molecule has 1 unspecified atom stereocenters. The minimum atomic E-state index is -0.0182. The summed E-state index contributed by atoms with van der Waals surface area (Å²) in [4.78, 5) is 0. The Morgan fingerprint density at radius 3 is 2.21 bits per heavy atom. The molecule has 0 heterocycles. The van der Waals surface area contributed by atoms with E-state index in [0.29, 0.717) is 15.1 Å². The fourth-order valence-corrected chi connectivity index (χ4v) is 3.30. The third kappa shape index (κ3) is 3.56. The number of benzene rings is 2. The SMILES string of the molecule is CNC(c1ccc(Cl)cc1Cl)c1cc(Cl)ccc1I. The van der Waals surface area contributed by atoms with Crippen LogP contribution in [0.25, 0.3) is 0 Å². The zero-order chi connectivity index (χ0) is 14.0. The van der Waals surface area contributed by atoms with E-state index < -0.39 is 0 Å². The van der Waals surface area contributed by atoms with Crippen LogP contribution in [0.1, 0.15) is 17.2 Å². The highest BCUT2D eigenvalue weighted by molar-refractivity contribution is 14.1. The van der Waals surface area contributed by atoms with E-state index in [1.165, 1.54) is 0 Å². The van der Waals surface area contributed by atoms with Crippen molar-refractivity contribution in [1.29, 1.82) is 0 Å². The van der Waals surface area contributed by atoms with E-state index in [0.717, 1.165) is 14.7 Å². The molecule has 0 aromatic heterocycles. The maximum absolute atomic E-state index is 6.29. The van der Waals surface area contributed by atoms with E-state index in [9.17, 15) is 0 Å². The van der Waals surface area contributed by atoms with Gasteiger partial charge in [-0.3, -0.25) is 0 Å². The molecule has 1 N–H and O–H groups in total. The molecular weight excluding hydrogens is 415 g/mol. The average molecular weight is 427 g/mol. The van der Waals surface area contributed by atoms with E-state index in [1.54, 1.807) is 6.07 Å². The van der Waals surface area contributed by atoms with Gasteiger partial charge in [0.15, 0.2) is 0 Å². The summed E-state index contributed by atoms with van der Waals surface area (Å²) in [6.07, 6.45) is 0. The van der Waals surface area contributed by atoms with Crippen LogP contribution in [0.4, 0.5) is 0 Å². The van der Waals surface area contributed by atoms with Crippen molar-refractivity contribution in [2.24, 2.45) is 0 Å². The Hall–Kier alpha value is -0.000000000000000111. The van der Waals surface area contributed by atoms with Crippen LogP contribution in [-0.2, 0) is 0 Å². The van der Waals surface area contributed by atoms with Gasteiger partial charge in [0.2, 0.25) is 0 Å². The molecule has 2 rings (SSSR count). The molecule has 2 aromatic carbocycles. The van der Waals surface area contributed by atoms with Crippen molar-refractivity contribution in [3.63, 3.8) is 0 Å². The van der Waals surface area contributed by atoms with Crippen LogP contribution in [0.5, 0.6) is 0 Å². The standard InChI is InChI=1S/C14H11Cl3IN/c1-19-14(10-4-2-9(16)7-12(10)17)11-6-8(15)3-5-13(11)18/h2-7,14,19H,1H3. The quantitative estimate of drug-likeness (QED) is 0.634. The molecule has 0 amide bonds. The van der Waals surface area contributed by atoms with Crippen LogP contribution < -0.4 is 5.32 Å². The summed E-state index contributed by atoms with van der Waals surface area (Å²) in [6, 6.07) is 11.3. The van der Waals surface area contributed by atoms with E-state index in [-0.39, 0.29) is 6.04 Å². The summed E-state index contributed by atoms with van der Waals surface area (Å²) in [5, 5.41) is 5.25. The Kier molecular flexibility index (Phi) is 5.37. The predicted octanol–water partition coefficient (Wildman–Crippen LogP) is 5.56. The number of hydrogen-bond donors (Lipinski definition) is 1. The summed E-state index contributed by atoms with van der Waals surface area (Å²) < 4.78 is 1.13. The zero-order valence-corrected chi connectivity index (χ0v) is 14.5. The molecule has 0 saturated carbocycles. The van der Waals surface area contributed by atoms with Gasteiger partial charge in [0.25, 0.3) is 0 Å². The number of halogens is 4. The molecular formula is C14H11Cl3IN. The van der Waals surface area contributed by atoms with Gasteiger partial charge in [-0.2, -0.15) is 0 Å². The van der Waals surface area contributed by atoms with Gasteiger partial charge < -0.3 is 5.32 Å². The van der Waals surface area contributed by atoms with Crippen molar-refractivity contribution < 1.29 is 0 Å². The second-order valence-corrected chi connectivity index (χ2v) is 6.50. The first kappa shape index (κ1) is 15.4. The molecule has 1 atom stereocenters. The lowest BCUT2D eigenvalue weighted by Gasteiger charge is -2.20. The highest BCUT2D eigenvalue weighted by Crippen LogP contribution is 2.33. The van der Waals surface area contributed by atoms with Crippen LogP contribution in [0.2, 0.25) is 15.1 Å². The van der Waals surface area contributed by atoms with Crippen LogP contribution >= 0.6 is 57.4 Å². The fraction of sp³-hybridized carbons (Fsp3) is 0.143. The van der Waals surface area contributed by atoms with Crippen molar-refractivity contribution in [3.05, 3.63) is 66.2 Å². The molecule has 5 heteroatoms. The van der Waals surface area contributed by atoms with Gasteiger partial charge in [-0.25, -0.2) is 0 Å². The van der Waals surface area contributed by atoms with Gasteiger partial charge in [0, 0.05) is 18.6 Å². The Morgan fingerprint density at radius 2 is 1.58 bits per heavy atom. The maximum atomic E-state index is 6.29. The largest absolute Gasteiger partial charge is 0.309 e. The lowest BCUT2D eigenvalue weighted by molar-refractivity contribution is 0.689. The van der Waals surface area contributed by atoms with Crippen molar-refractivity contribution in [1.82, 2.24) is 5.32 Å². The first-order chi connectivity index (χ1) is 9.02.